The maximum Gasteiger partial charge on any atom is 0.255 e. The number of nitrogens with one attached hydrogen (secondary N) is 1. The lowest BCUT2D eigenvalue weighted by molar-refractivity contribution is 0.102. The molecule has 0 atom stereocenters. The number of hydrogen-bond acceptors (Lipinski definition) is 3. The van der Waals surface area contributed by atoms with Gasteiger partial charge in [0.2, 0.25) is 0 Å². The molecule has 1 aliphatic rings. The number of amides is 1. The Balaban J connectivity index is 1.80. The Morgan fingerprint density at radius 1 is 1.25 bits per heavy atom. The summed E-state index contributed by atoms with van der Waals surface area (Å²) in [7, 11) is 0. The number of benzene rings is 2. The molecule has 3 rings (SSSR count). The van der Waals surface area contributed by atoms with Gasteiger partial charge in [-0.25, -0.2) is 0 Å². The molecule has 0 aliphatic carbocycles. The first kappa shape index (κ1) is 12.5. The van der Waals surface area contributed by atoms with E-state index in [1.165, 1.54) is 0 Å². The van der Waals surface area contributed by atoms with Crippen molar-refractivity contribution in [3.63, 3.8) is 0 Å². The van der Waals surface area contributed by atoms with E-state index in [0.29, 0.717) is 17.9 Å². The standard InChI is InChI=1S/C16H16N2O2/c1-10-2-3-12(9-14(10)17)16(19)18-13-4-5-15-11(8-13)6-7-20-15/h2-5,8-9H,6-7,17H2,1H3,(H,18,19). The Bertz CT molecular complexity index is 680. The number of rotatable bonds is 2. The van der Waals surface area contributed by atoms with E-state index in [0.717, 1.165) is 29.0 Å². The third kappa shape index (κ3) is 2.32. The number of carbonyl (C=O) groups excluding carboxylic acids is 1. The first-order chi connectivity index (χ1) is 9.63. The van der Waals surface area contributed by atoms with Gasteiger partial charge in [-0.05, 0) is 48.4 Å². The second kappa shape index (κ2) is 4.89. The summed E-state index contributed by atoms with van der Waals surface area (Å²) >= 11 is 0. The van der Waals surface area contributed by atoms with Crippen molar-refractivity contribution in [3.8, 4) is 5.75 Å². The van der Waals surface area contributed by atoms with Crippen molar-refractivity contribution >= 4 is 17.3 Å². The molecule has 3 N–H and O–H groups in total. The Morgan fingerprint density at radius 3 is 2.90 bits per heavy atom. The van der Waals surface area contributed by atoms with E-state index >= 15 is 0 Å². The second-order valence-electron chi connectivity index (χ2n) is 4.95. The lowest BCUT2D eigenvalue weighted by Gasteiger charge is -2.08. The highest BCUT2D eigenvalue weighted by Gasteiger charge is 2.13. The van der Waals surface area contributed by atoms with Crippen molar-refractivity contribution in [2.75, 3.05) is 17.7 Å². The lowest BCUT2D eigenvalue weighted by Crippen LogP contribution is -2.12. The van der Waals surface area contributed by atoms with E-state index in [2.05, 4.69) is 5.32 Å². The van der Waals surface area contributed by atoms with Crippen LogP contribution in [-0.4, -0.2) is 12.5 Å². The van der Waals surface area contributed by atoms with Crippen LogP contribution in [0.15, 0.2) is 36.4 Å². The first-order valence-electron chi connectivity index (χ1n) is 6.57. The fourth-order valence-corrected chi connectivity index (χ4v) is 2.25. The van der Waals surface area contributed by atoms with Gasteiger partial charge in [0, 0.05) is 23.4 Å². The molecule has 2 aromatic carbocycles. The zero-order valence-corrected chi connectivity index (χ0v) is 11.3. The monoisotopic (exact) mass is 268 g/mol. The van der Waals surface area contributed by atoms with E-state index < -0.39 is 0 Å². The summed E-state index contributed by atoms with van der Waals surface area (Å²) in [5.74, 6) is 0.748. The number of aryl methyl sites for hydroxylation is 1. The van der Waals surface area contributed by atoms with Crippen molar-refractivity contribution in [2.24, 2.45) is 0 Å². The van der Waals surface area contributed by atoms with Crippen molar-refractivity contribution in [1.29, 1.82) is 0 Å². The average Bonchev–Trinajstić information content (AvgIpc) is 2.89. The minimum atomic E-state index is -0.157. The lowest BCUT2D eigenvalue weighted by atomic mass is 10.1. The van der Waals surface area contributed by atoms with E-state index in [1.54, 1.807) is 12.1 Å². The zero-order chi connectivity index (χ0) is 14.1. The highest BCUT2D eigenvalue weighted by atomic mass is 16.5. The molecule has 1 amide bonds. The molecule has 0 spiro atoms. The Labute approximate surface area is 117 Å². The Morgan fingerprint density at radius 2 is 2.10 bits per heavy atom. The van der Waals surface area contributed by atoms with E-state index in [-0.39, 0.29) is 5.91 Å². The molecule has 0 saturated heterocycles. The van der Waals surface area contributed by atoms with Crippen molar-refractivity contribution in [3.05, 3.63) is 53.1 Å². The number of nitrogens with two attached hydrogens (primary N) is 1. The molecule has 0 fully saturated rings. The third-order valence-electron chi connectivity index (χ3n) is 3.49. The molecule has 0 aromatic heterocycles. The SMILES string of the molecule is Cc1ccc(C(=O)Nc2ccc3c(c2)CCO3)cc1N. The minimum absolute atomic E-state index is 0.157. The van der Waals surface area contributed by atoms with Gasteiger partial charge in [0.25, 0.3) is 5.91 Å². The topological polar surface area (TPSA) is 64.3 Å². The highest BCUT2D eigenvalue weighted by molar-refractivity contribution is 6.05. The maximum atomic E-state index is 12.2. The quantitative estimate of drug-likeness (QED) is 0.823. The predicted molar refractivity (Wildman–Crippen MR) is 79.2 cm³/mol. The van der Waals surface area contributed by atoms with Crippen LogP contribution >= 0.6 is 0 Å². The normalized spacial score (nSPS) is 12.7. The first-order valence-corrected chi connectivity index (χ1v) is 6.57. The summed E-state index contributed by atoms with van der Waals surface area (Å²) in [6.07, 6.45) is 0.885. The van der Waals surface area contributed by atoms with Crippen LogP contribution in [0, 0.1) is 6.92 Å². The molecular weight excluding hydrogens is 252 g/mol. The van der Waals surface area contributed by atoms with Crippen LogP contribution in [0.5, 0.6) is 5.75 Å². The van der Waals surface area contributed by atoms with Crippen LogP contribution < -0.4 is 15.8 Å². The Kier molecular flexibility index (Phi) is 3.06. The van der Waals surface area contributed by atoms with Crippen LogP contribution in [0.1, 0.15) is 21.5 Å². The van der Waals surface area contributed by atoms with E-state index in [9.17, 15) is 4.79 Å². The molecule has 20 heavy (non-hydrogen) atoms. The van der Waals surface area contributed by atoms with Gasteiger partial charge >= 0.3 is 0 Å². The maximum absolute atomic E-state index is 12.2. The molecule has 1 heterocycles. The second-order valence-corrected chi connectivity index (χ2v) is 4.95. The van der Waals surface area contributed by atoms with Gasteiger partial charge in [-0.2, -0.15) is 0 Å². The molecule has 1 aliphatic heterocycles. The number of ether oxygens (including phenoxy) is 1. The number of anilines is 2. The fourth-order valence-electron chi connectivity index (χ4n) is 2.25. The van der Waals surface area contributed by atoms with Crippen molar-refractivity contribution in [2.45, 2.75) is 13.3 Å². The summed E-state index contributed by atoms with van der Waals surface area (Å²) in [4.78, 5) is 12.2. The summed E-state index contributed by atoms with van der Waals surface area (Å²) in [5.41, 5.74) is 9.89. The minimum Gasteiger partial charge on any atom is -0.493 e. The molecule has 4 nitrogen and oxygen atoms in total. The van der Waals surface area contributed by atoms with Gasteiger partial charge in [-0.15, -0.1) is 0 Å². The molecule has 0 saturated carbocycles. The highest BCUT2D eigenvalue weighted by Crippen LogP contribution is 2.28. The number of nitrogen functional groups attached to an aromatic ring is 1. The molecule has 0 unspecified atom stereocenters. The largest absolute Gasteiger partial charge is 0.493 e. The van der Waals surface area contributed by atoms with Gasteiger partial charge in [0.1, 0.15) is 5.75 Å². The zero-order valence-electron chi connectivity index (χ0n) is 11.3. The molecule has 102 valence electrons. The third-order valence-corrected chi connectivity index (χ3v) is 3.49. The average molecular weight is 268 g/mol. The number of carbonyl (C=O) groups is 1. The summed E-state index contributed by atoms with van der Waals surface area (Å²) in [6, 6.07) is 11.0. The number of fused-ring (bicyclic) bond motifs is 1. The molecule has 4 heteroatoms. The Hall–Kier alpha value is -2.49. The fraction of sp³-hybridized carbons (Fsp3) is 0.188. The van der Waals surface area contributed by atoms with Gasteiger partial charge < -0.3 is 15.8 Å². The molecule has 0 radical (unpaired) electrons. The molecular formula is C16H16N2O2. The summed E-state index contributed by atoms with van der Waals surface area (Å²) < 4.78 is 5.44. The van der Waals surface area contributed by atoms with Crippen LogP contribution in [-0.2, 0) is 6.42 Å². The van der Waals surface area contributed by atoms with E-state index in [4.69, 9.17) is 10.5 Å². The van der Waals surface area contributed by atoms with Crippen LogP contribution in [0.3, 0.4) is 0 Å². The van der Waals surface area contributed by atoms with Gasteiger partial charge in [0.05, 0.1) is 6.61 Å². The van der Waals surface area contributed by atoms with Gasteiger partial charge in [-0.3, -0.25) is 4.79 Å². The van der Waals surface area contributed by atoms with Crippen LogP contribution in [0.4, 0.5) is 11.4 Å². The smallest absolute Gasteiger partial charge is 0.255 e. The van der Waals surface area contributed by atoms with Crippen molar-refractivity contribution in [1.82, 2.24) is 0 Å². The van der Waals surface area contributed by atoms with Crippen LogP contribution in [0.25, 0.3) is 0 Å². The van der Waals surface area contributed by atoms with Gasteiger partial charge in [-0.1, -0.05) is 6.07 Å². The van der Waals surface area contributed by atoms with Crippen molar-refractivity contribution < 1.29 is 9.53 Å². The van der Waals surface area contributed by atoms with E-state index in [1.807, 2.05) is 31.2 Å². The molecule has 2 aromatic rings. The summed E-state index contributed by atoms with van der Waals surface area (Å²) in [5, 5.41) is 2.88. The predicted octanol–water partition coefficient (Wildman–Crippen LogP) is 2.76. The van der Waals surface area contributed by atoms with Gasteiger partial charge in [0.15, 0.2) is 0 Å². The summed E-state index contributed by atoms with van der Waals surface area (Å²) in [6.45, 7) is 2.62. The number of hydrogen-bond donors (Lipinski definition) is 2. The molecule has 0 bridgehead atoms. The van der Waals surface area contributed by atoms with Crippen LogP contribution in [0.2, 0.25) is 0 Å².